The van der Waals surface area contributed by atoms with Crippen molar-refractivity contribution in [3.8, 4) is 0 Å². The number of aromatic nitrogens is 4. The van der Waals surface area contributed by atoms with Crippen LogP contribution in [-0.2, 0) is 17.9 Å². The van der Waals surface area contributed by atoms with Crippen LogP contribution in [0.4, 0.5) is 0 Å². The van der Waals surface area contributed by atoms with Gasteiger partial charge in [-0.05, 0) is 29.2 Å². The van der Waals surface area contributed by atoms with Gasteiger partial charge >= 0.3 is 0 Å². The largest absolute Gasteiger partial charge is 0.354 e. The summed E-state index contributed by atoms with van der Waals surface area (Å²) in [5.41, 5.74) is 1.51. The van der Waals surface area contributed by atoms with E-state index in [0.717, 1.165) is 42.0 Å². The van der Waals surface area contributed by atoms with Crippen LogP contribution in [0, 0.1) is 5.92 Å². The number of carbonyl (C=O) groups excluding carboxylic acids is 1. The van der Waals surface area contributed by atoms with Crippen LogP contribution in [0.1, 0.15) is 31.2 Å². The first-order chi connectivity index (χ1) is 15.2. The first-order valence-electron chi connectivity index (χ1n) is 10.9. The molecule has 4 aromatic rings. The fourth-order valence-electron chi connectivity index (χ4n) is 4.50. The number of nitrogens with zero attached hydrogens (tertiary/aromatic N) is 4. The Kier molecular flexibility index (Phi) is 5.24. The zero-order valence-corrected chi connectivity index (χ0v) is 17.3. The first kappa shape index (κ1) is 19.5. The molecule has 0 aliphatic heterocycles. The van der Waals surface area contributed by atoms with Crippen molar-refractivity contribution in [3.63, 3.8) is 0 Å². The highest BCUT2D eigenvalue weighted by molar-refractivity contribution is 5.85. The molecule has 158 valence electrons. The van der Waals surface area contributed by atoms with Crippen LogP contribution < -0.4 is 10.9 Å². The first-order valence-corrected chi connectivity index (χ1v) is 10.9. The minimum Gasteiger partial charge on any atom is -0.354 e. The van der Waals surface area contributed by atoms with Gasteiger partial charge in [0, 0.05) is 12.5 Å². The van der Waals surface area contributed by atoms with Gasteiger partial charge < -0.3 is 5.32 Å². The molecule has 1 fully saturated rings. The Labute approximate surface area is 179 Å². The second-order valence-electron chi connectivity index (χ2n) is 8.19. The highest BCUT2D eigenvalue weighted by Gasteiger charge is 2.22. The molecule has 0 saturated heterocycles. The van der Waals surface area contributed by atoms with Crippen LogP contribution in [0.2, 0.25) is 0 Å². The van der Waals surface area contributed by atoms with Crippen molar-refractivity contribution < 1.29 is 4.79 Å². The third kappa shape index (κ3) is 3.83. The van der Waals surface area contributed by atoms with Crippen LogP contribution in [-0.4, -0.2) is 31.8 Å². The van der Waals surface area contributed by atoms with Crippen LogP contribution in [0.3, 0.4) is 0 Å². The second-order valence-corrected chi connectivity index (χ2v) is 8.19. The summed E-state index contributed by atoms with van der Waals surface area (Å²) in [6.45, 7) is 1.42. The van der Waals surface area contributed by atoms with Crippen LogP contribution in [0.15, 0.2) is 59.8 Å². The van der Waals surface area contributed by atoms with Crippen molar-refractivity contribution >= 4 is 27.7 Å². The number of rotatable bonds is 6. The van der Waals surface area contributed by atoms with E-state index >= 15 is 0 Å². The number of hydrogen-bond donors (Lipinski definition) is 1. The van der Waals surface area contributed by atoms with Crippen molar-refractivity contribution in [3.05, 3.63) is 70.9 Å². The summed E-state index contributed by atoms with van der Waals surface area (Å²) in [6.07, 6.45) is 7.39. The molecule has 0 unspecified atom stereocenters. The summed E-state index contributed by atoms with van der Waals surface area (Å²) in [4.78, 5) is 29.7. The van der Waals surface area contributed by atoms with E-state index in [1.54, 1.807) is 21.8 Å². The quantitative estimate of drug-likeness (QED) is 0.525. The lowest BCUT2D eigenvalue weighted by Gasteiger charge is -2.11. The Morgan fingerprint density at radius 1 is 1.06 bits per heavy atom. The fourth-order valence-corrected chi connectivity index (χ4v) is 4.50. The molecule has 7 nitrogen and oxygen atoms in total. The molecule has 7 heteroatoms. The normalized spacial score (nSPS) is 14.5. The summed E-state index contributed by atoms with van der Waals surface area (Å²) < 4.78 is 3.31. The highest BCUT2D eigenvalue weighted by Crippen LogP contribution is 2.24. The van der Waals surface area contributed by atoms with Gasteiger partial charge in [0.2, 0.25) is 5.91 Å². The van der Waals surface area contributed by atoms with E-state index in [4.69, 9.17) is 0 Å². The molecular weight excluding hydrogens is 390 g/mol. The lowest BCUT2D eigenvalue weighted by molar-refractivity contribution is -0.124. The molecular formula is C24H25N5O2. The van der Waals surface area contributed by atoms with E-state index in [9.17, 15) is 9.59 Å². The minimum absolute atomic E-state index is 0.112. The molecule has 2 heterocycles. The number of nitrogens with one attached hydrogen (secondary N) is 1. The number of carbonyl (C=O) groups is 1. The molecule has 31 heavy (non-hydrogen) atoms. The number of amides is 1. The minimum atomic E-state index is -0.112. The number of hydrogen-bond acceptors (Lipinski definition) is 4. The fraction of sp³-hybridized carbons (Fsp3) is 0.333. The summed E-state index contributed by atoms with van der Waals surface area (Å²) in [7, 11) is 0. The molecule has 1 amide bonds. The molecule has 2 aromatic carbocycles. The second kappa shape index (κ2) is 8.34. The van der Waals surface area contributed by atoms with E-state index in [2.05, 4.69) is 33.6 Å². The standard InChI is InChI=1S/C24H25N5O2/c30-23(18-7-1-2-8-18)25-12-13-29-22-21(14-27-29)24(31)28(16-26-22)15-19-10-5-9-17-6-3-4-11-20(17)19/h3-6,9-11,14,16,18H,1-2,7-8,12-13,15H2,(H,25,30). The monoisotopic (exact) mass is 415 g/mol. The van der Waals surface area contributed by atoms with Gasteiger partial charge in [-0.2, -0.15) is 5.10 Å². The average molecular weight is 415 g/mol. The van der Waals surface area contributed by atoms with Crippen LogP contribution in [0.5, 0.6) is 0 Å². The van der Waals surface area contributed by atoms with Gasteiger partial charge in [-0.3, -0.25) is 14.2 Å². The van der Waals surface area contributed by atoms with Gasteiger partial charge in [0.1, 0.15) is 11.7 Å². The molecule has 0 atom stereocenters. The third-order valence-corrected chi connectivity index (χ3v) is 6.19. The Morgan fingerprint density at radius 3 is 2.74 bits per heavy atom. The molecule has 0 bridgehead atoms. The van der Waals surface area contributed by atoms with Crippen LogP contribution >= 0.6 is 0 Å². The van der Waals surface area contributed by atoms with Crippen molar-refractivity contribution in [1.82, 2.24) is 24.6 Å². The smallest absolute Gasteiger partial charge is 0.264 e. The predicted molar refractivity (Wildman–Crippen MR) is 120 cm³/mol. The maximum Gasteiger partial charge on any atom is 0.264 e. The molecule has 2 aromatic heterocycles. The molecule has 0 spiro atoms. The van der Waals surface area contributed by atoms with Gasteiger partial charge in [-0.25, -0.2) is 9.67 Å². The molecule has 1 saturated carbocycles. The Morgan fingerprint density at radius 2 is 1.87 bits per heavy atom. The van der Waals surface area contributed by atoms with Gasteiger partial charge in [-0.1, -0.05) is 55.3 Å². The zero-order valence-electron chi connectivity index (χ0n) is 17.3. The molecule has 0 radical (unpaired) electrons. The van der Waals surface area contributed by atoms with Gasteiger partial charge in [0.05, 0.1) is 19.3 Å². The number of fused-ring (bicyclic) bond motifs is 2. The van der Waals surface area contributed by atoms with E-state index in [1.165, 1.54) is 0 Å². The van der Waals surface area contributed by atoms with Crippen molar-refractivity contribution in [2.75, 3.05) is 6.54 Å². The Bertz CT molecular complexity index is 1300. The van der Waals surface area contributed by atoms with E-state index in [0.29, 0.717) is 30.7 Å². The Balaban J connectivity index is 1.33. The maximum absolute atomic E-state index is 13.0. The van der Waals surface area contributed by atoms with Gasteiger partial charge in [0.15, 0.2) is 5.65 Å². The molecule has 1 aliphatic rings. The van der Waals surface area contributed by atoms with E-state index in [-0.39, 0.29) is 17.4 Å². The summed E-state index contributed by atoms with van der Waals surface area (Å²) in [5.74, 6) is 0.271. The maximum atomic E-state index is 13.0. The highest BCUT2D eigenvalue weighted by atomic mass is 16.2. The van der Waals surface area contributed by atoms with Gasteiger partial charge in [0.25, 0.3) is 5.56 Å². The molecule has 5 rings (SSSR count). The predicted octanol–water partition coefficient (Wildman–Crippen LogP) is 3.10. The SMILES string of the molecule is O=C(NCCn1ncc2c(=O)n(Cc3cccc4ccccc34)cnc21)C1CCCC1. The van der Waals surface area contributed by atoms with Crippen molar-refractivity contribution in [1.29, 1.82) is 0 Å². The summed E-state index contributed by atoms with van der Waals surface area (Å²) in [6, 6.07) is 14.3. The average Bonchev–Trinajstić information content (AvgIpc) is 3.47. The molecule has 1 aliphatic carbocycles. The van der Waals surface area contributed by atoms with E-state index in [1.807, 2.05) is 24.3 Å². The van der Waals surface area contributed by atoms with Crippen molar-refractivity contribution in [2.24, 2.45) is 5.92 Å². The lowest BCUT2D eigenvalue weighted by Crippen LogP contribution is -2.32. The topological polar surface area (TPSA) is 81.8 Å². The van der Waals surface area contributed by atoms with Crippen LogP contribution in [0.25, 0.3) is 21.8 Å². The number of benzene rings is 2. The summed E-state index contributed by atoms with van der Waals surface area (Å²) >= 11 is 0. The third-order valence-electron chi connectivity index (χ3n) is 6.19. The zero-order chi connectivity index (χ0) is 21.2. The van der Waals surface area contributed by atoms with Crippen molar-refractivity contribution in [2.45, 2.75) is 38.8 Å². The molecule has 1 N–H and O–H groups in total. The summed E-state index contributed by atoms with van der Waals surface area (Å²) in [5, 5.41) is 10.1. The van der Waals surface area contributed by atoms with E-state index < -0.39 is 0 Å². The van der Waals surface area contributed by atoms with Gasteiger partial charge in [-0.15, -0.1) is 0 Å². The Hall–Kier alpha value is -3.48. The lowest BCUT2D eigenvalue weighted by atomic mass is 10.0.